The van der Waals surface area contributed by atoms with Gasteiger partial charge in [0.05, 0.1) is 16.5 Å². The smallest absolute Gasteiger partial charge is 0.261 e. The van der Waals surface area contributed by atoms with Gasteiger partial charge in [0.15, 0.2) is 11.6 Å². The van der Waals surface area contributed by atoms with E-state index < -0.39 is 19.8 Å². The van der Waals surface area contributed by atoms with Crippen LogP contribution < -0.4 is 4.74 Å². The lowest BCUT2D eigenvalue weighted by molar-refractivity contribution is 0.321. The van der Waals surface area contributed by atoms with Crippen LogP contribution in [-0.2, 0) is 9.05 Å². The van der Waals surface area contributed by atoms with Gasteiger partial charge in [-0.25, -0.2) is 12.8 Å². The van der Waals surface area contributed by atoms with Crippen LogP contribution in [0, 0.1) is 5.82 Å². The normalized spacial score (nSPS) is 11.5. The van der Waals surface area contributed by atoms with E-state index in [1.807, 2.05) is 0 Å². The predicted molar refractivity (Wildman–Crippen MR) is 55.6 cm³/mol. The van der Waals surface area contributed by atoms with Gasteiger partial charge < -0.3 is 4.74 Å². The van der Waals surface area contributed by atoms with Crippen LogP contribution in [-0.4, -0.2) is 15.0 Å². The second-order valence-electron chi connectivity index (χ2n) is 2.59. The third kappa shape index (κ3) is 2.96. The van der Waals surface area contributed by atoms with Gasteiger partial charge in [-0.1, -0.05) is 11.6 Å². The molecule has 0 N–H and O–H groups in total. The summed E-state index contributed by atoms with van der Waals surface area (Å²) in [6.07, 6.45) is 0. The fourth-order valence-corrected chi connectivity index (χ4v) is 2.06. The summed E-state index contributed by atoms with van der Waals surface area (Å²) in [6, 6.07) is 1.80. The van der Waals surface area contributed by atoms with Crippen molar-refractivity contribution in [2.24, 2.45) is 0 Å². The Morgan fingerprint density at radius 1 is 1.47 bits per heavy atom. The fourth-order valence-electron chi connectivity index (χ4n) is 0.960. The minimum absolute atomic E-state index is 0.129. The van der Waals surface area contributed by atoms with Crippen molar-refractivity contribution in [3.63, 3.8) is 0 Å². The Balaban J connectivity index is 3.32. The highest BCUT2D eigenvalue weighted by Crippen LogP contribution is 2.31. The van der Waals surface area contributed by atoms with Gasteiger partial charge in [-0.2, -0.15) is 0 Å². The van der Waals surface area contributed by atoms with Gasteiger partial charge in [0.1, 0.15) is 0 Å². The molecule has 0 fully saturated rings. The van der Waals surface area contributed by atoms with Crippen LogP contribution in [0.15, 0.2) is 17.0 Å². The highest BCUT2D eigenvalue weighted by Gasteiger charge is 2.17. The van der Waals surface area contributed by atoms with Gasteiger partial charge in [-0.15, -0.1) is 0 Å². The van der Waals surface area contributed by atoms with Gasteiger partial charge in [-0.05, 0) is 19.1 Å². The Labute approximate surface area is 96.2 Å². The molecule has 1 aromatic carbocycles. The monoisotopic (exact) mass is 272 g/mol. The molecule has 0 aliphatic carbocycles. The van der Waals surface area contributed by atoms with Crippen molar-refractivity contribution < 1.29 is 17.5 Å². The first-order valence-corrected chi connectivity index (χ1v) is 6.61. The largest absolute Gasteiger partial charge is 0.489 e. The molecule has 0 atom stereocenters. The third-order valence-electron chi connectivity index (χ3n) is 1.54. The maximum absolute atomic E-state index is 13.3. The number of ether oxygens (including phenoxy) is 1. The third-order valence-corrected chi connectivity index (χ3v) is 3.16. The van der Waals surface area contributed by atoms with Crippen molar-refractivity contribution in [1.82, 2.24) is 0 Å². The first-order valence-electron chi connectivity index (χ1n) is 3.92. The van der Waals surface area contributed by atoms with E-state index in [4.69, 9.17) is 27.0 Å². The van der Waals surface area contributed by atoms with E-state index in [9.17, 15) is 12.8 Å². The maximum atomic E-state index is 13.3. The molecule has 0 heterocycles. The summed E-state index contributed by atoms with van der Waals surface area (Å²) in [6.45, 7) is 1.88. The summed E-state index contributed by atoms with van der Waals surface area (Å²) in [4.78, 5) is -0.393. The van der Waals surface area contributed by atoms with Crippen LogP contribution in [0.3, 0.4) is 0 Å². The summed E-state index contributed by atoms with van der Waals surface area (Å²) in [5.41, 5.74) is 0. The van der Waals surface area contributed by atoms with Gasteiger partial charge in [-0.3, -0.25) is 0 Å². The molecule has 0 saturated carbocycles. The van der Waals surface area contributed by atoms with Crippen molar-refractivity contribution in [1.29, 1.82) is 0 Å². The number of hydrogen-bond acceptors (Lipinski definition) is 3. The van der Waals surface area contributed by atoms with Crippen LogP contribution in [0.5, 0.6) is 5.75 Å². The lowest BCUT2D eigenvalue weighted by Crippen LogP contribution is -1.98. The topological polar surface area (TPSA) is 43.4 Å². The Hall–Kier alpha value is -0.520. The molecule has 0 radical (unpaired) electrons. The molecular weight excluding hydrogens is 266 g/mol. The second-order valence-corrected chi connectivity index (χ2v) is 5.56. The van der Waals surface area contributed by atoms with Gasteiger partial charge in [0.25, 0.3) is 9.05 Å². The number of hydrogen-bond donors (Lipinski definition) is 0. The van der Waals surface area contributed by atoms with Crippen molar-refractivity contribution >= 4 is 31.3 Å². The van der Waals surface area contributed by atoms with E-state index in [2.05, 4.69) is 0 Å². The van der Waals surface area contributed by atoms with Gasteiger partial charge >= 0.3 is 0 Å². The average Bonchev–Trinajstić information content (AvgIpc) is 2.09. The zero-order valence-electron chi connectivity index (χ0n) is 7.63. The second kappa shape index (κ2) is 4.55. The molecule has 7 heteroatoms. The minimum atomic E-state index is -3.99. The van der Waals surface area contributed by atoms with Crippen LogP contribution in [0.4, 0.5) is 4.39 Å². The van der Waals surface area contributed by atoms with Crippen molar-refractivity contribution in [3.8, 4) is 5.75 Å². The SMILES string of the molecule is CCOc1c(F)cc(S(=O)(=O)Cl)cc1Cl. The van der Waals surface area contributed by atoms with Crippen LogP contribution in [0.1, 0.15) is 6.92 Å². The molecule has 0 amide bonds. The van der Waals surface area contributed by atoms with Crippen LogP contribution in [0.25, 0.3) is 0 Å². The number of halogens is 3. The quantitative estimate of drug-likeness (QED) is 0.795. The molecule has 0 bridgehead atoms. The molecule has 15 heavy (non-hydrogen) atoms. The number of rotatable bonds is 3. The van der Waals surface area contributed by atoms with Gasteiger partial charge in [0.2, 0.25) is 0 Å². The molecule has 1 aromatic rings. The van der Waals surface area contributed by atoms with E-state index in [1.165, 1.54) is 0 Å². The van der Waals surface area contributed by atoms with Crippen LogP contribution in [0.2, 0.25) is 5.02 Å². The first-order chi connectivity index (χ1) is 6.86. The Bertz CT molecular complexity index is 450. The summed E-state index contributed by atoms with van der Waals surface area (Å²) in [7, 11) is 1.05. The molecule has 0 aliphatic heterocycles. The van der Waals surface area contributed by atoms with E-state index >= 15 is 0 Å². The van der Waals surface area contributed by atoms with E-state index in [0.29, 0.717) is 0 Å². The standard InChI is InChI=1S/C8H7Cl2FO3S/c1-2-14-8-6(9)3-5(4-7(8)11)15(10,12)13/h3-4H,2H2,1H3. The molecule has 1 rings (SSSR count). The van der Waals surface area contributed by atoms with Gasteiger partial charge in [0, 0.05) is 10.7 Å². The zero-order chi connectivity index (χ0) is 11.6. The predicted octanol–water partition coefficient (Wildman–Crippen LogP) is 2.81. The van der Waals surface area contributed by atoms with Crippen molar-refractivity contribution in [2.75, 3.05) is 6.61 Å². The highest BCUT2D eigenvalue weighted by molar-refractivity contribution is 8.13. The first kappa shape index (κ1) is 12.5. The van der Waals surface area contributed by atoms with Crippen molar-refractivity contribution in [3.05, 3.63) is 23.0 Å². The maximum Gasteiger partial charge on any atom is 0.261 e. The molecule has 0 saturated heterocycles. The Morgan fingerprint density at radius 3 is 2.47 bits per heavy atom. The van der Waals surface area contributed by atoms with E-state index in [1.54, 1.807) is 6.92 Å². The molecular formula is C8H7Cl2FO3S. The summed E-state index contributed by atoms with van der Waals surface area (Å²) < 4.78 is 40.0. The lowest BCUT2D eigenvalue weighted by Gasteiger charge is -2.07. The summed E-state index contributed by atoms with van der Waals surface area (Å²) >= 11 is 5.63. The molecule has 3 nitrogen and oxygen atoms in total. The van der Waals surface area contributed by atoms with E-state index in [0.717, 1.165) is 12.1 Å². The summed E-state index contributed by atoms with van der Waals surface area (Å²) in [5, 5.41) is -0.129. The molecule has 0 aliphatic rings. The molecule has 0 spiro atoms. The minimum Gasteiger partial charge on any atom is -0.489 e. The zero-order valence-corrected chi connectivity index (χ0v) is 9.96. The lowest BCUT2D eigenvalue weighted by atomic mass is 10.3. The summed E-state index contributed by atoms with van der Waals surface area (Å²) in [5.74, 6) is -1.04. The fraction of sp³-hybridized carbons (Fsp3) is 0.250. The van der Waals surface area contributed by atoms with Crippen LogP contribution >= 0.6 is 22.3 Å². The molecule has 0 unspecified atom stereocenters. The Kier molecular flexibility index (Phi) is 3.81. The van der Waals surface area contributed by atoms with E-state index in [-0.39, 0.29) is 17.4 Å². The molecule has 84 valence electrons. The highest BCUT2D eigenvalue weighted by atomic mass is 35.7. The Morgan fingerprint density at radius 2 is 2.07 bits per heavy atom. The molecule has 0 aromatic heterocycles. The average molecular weight is 273 g/mol. The number of benzene rings is 1. The van der Waals surface area contributed by atoms with Crippen molar-refractivity contribution in [2.45, 2.75) is 11.8 Å².